The number of hydrogen-bond acceptors (Lipinski definition) is 6. The van der Waals surface area contributed by atoms with Gasteiger partial charge in [0.1, 0.15) is 17.8 Å². The van der Waals surface area contributed by atoms with Crippen LogP contribution in [0.25, 0.3) is 0 Å². The van der Waals surface area contributed by atoms with E-state index in [9.17, 15) is 4.79 Å². The van der Waals surface area contributed by atoms with Gasteiger partial charge < -0.3 is 23.7 Å². The zero-order valence-corrected chi connectivity index (χ0v) is 13.3. The average molecular weight is 300 g/mol. The first-order valence-electron chi connectivity index (χ1n) is 7.47. The maximum Gasteiger partial charge on any atom is 0.302 e. The Morgan fingerprint density at radius 1 is 1.10 bits per heavy atom. The first-order valence-corrected chi connectivity index (χ1v) is 7.47. The summed E-state index contributed by atoms with van der Waals surface area (Å²) >= 11 is 0. The van der Waals surface area contributed by atoms with Gasteiger partial charge in [-0.25, -0.2) is 0 Å². The van der Waals surface area contributed by atoms with Gasteiger partial charge in [-0.05, 0) is 27.7 Å². The molecule has 120 valence electrons. The van der Waals surface area contributed by atoms with Crippen LogP contribution in [0, 0.1) is 0 Å². The number of rotatable bonds is 1. The highest BCUT2D eigenvalue weighted by atomic mass is 16.8. The van der Waals surface area contributed by atoms with Crippen molar-refractivity contribution in [2.24, 2.45) is 0 Å². The average Bonchev–Trinajstić information content (AvgIpc) is 2.74. The Hall–Kier alpha value is -0.690. The summed E-state index contributed by atoms with van der Waals surface area (Å²) in [5.74, 6) is -1.61. The van der Waals surface area contributed by atoms with Crippen LogP contribution in [-0.2, 0) is 28.5 Å². The lowest BCUT2D eigenvalue weighted by Crippen LogP contribution is -2.54. The SMILES string of the molecule is CC(=O)O[C@@H]1C[C@]2(COC(C)(C)O2)C[C@H]2OC(C)(C)O[C@@H]12. The van der Waals surface area contributed by atoms with Gasteiger partial charge in [0.25, 0.3) is 0 Å². The fourth-order valence-electron chi connectivity index (χ4n) is 3.68. The maximum atomic E-state index is 11.4. The minimum Gasteiger partial charge on any atom is -0.460 e. The number of hydrogen-bond donors (Lipinski definition) is 0. The molecule has 3 fully saturated rings. The monoisotopic (exact) mass is 300 g/mol. The molecule has 0 N–H and O–H groups in total. The molecule has 1 aliphatic carbocycles. The summed E-state index contributed by atoms with van der Waals surface area (Å²) in [6.07, 6.45) is 0.469. The predicted molar refractivity (Wildman–Crippen MR) is 72.5 cm³/mol. The number of carbonyl (C=O) groups is 1. The van der Waals surface area contributed by atoms with E-state index in [0.717, 1.165) is 0 Å². The molecule has 2 saturated heterocycles. The van der Waals surface area contributed by atoms with Crippen molar-refractivity contribution in [1.82, 2.24) is 0 Å². The molecular formula is C15H24O6. The normalized spacial score (nSPS) is 43.8. The van der Waals surface area contributed by atoms with Gasteiger partial charge in [0.05, 0.1) is 12.7 Å². The van der Waals surface area contributed by atoms with Crippen LogP contribution in [0.2, 0.25) is 0 Å². The van der Waals surface area contributed by atoms with Gasteiger partial charge in [-0.15, -0.1) is 0 Å². The summed E-state index contributed by atoms with van der Waals surface area (Å²) in [4.78, 5) is 11.4. The minimum absolute atomic E-state index is 0.157. The zero-order valence-electron chi connectivity index (χ0n) is 13.3. The summed E-state index contributed by atoms with van der Waals surface area (Å²) in [6, 6.07) is 0. The Labute approximate surface area is 125 Å². The summed E-state index contributed by atoms with van der Waals surface area (Å²) in [5.41, 5.74) is -0.478. The van der Waals surface area contributed by atoms with Crippen LogP contribution >= 0.6 is 0 Å². The van der Waals surface area contributed by atoms with E-state index in [0.29, 0.717) is 19.4 Å². The Bertz CT molecular complexity index is 445. The maximum absolute atomic E-state index is 11.4. The summed E-state index contributed by atoms with van der Waals surface area (Å²) in [5, 5.41) is 0. The van der Waals surface area contributed by atoms with E-state index in [2.05, 4.69) is 0 Å². The predicted octanol–water partition coefficient (Wildman–Crippen LogP) is 1.75. The Kier molecular flexibility index (Phi) is 3.37. The molecule has 0 unspecified atom stereocenters. The lowest BCUT2D eigenvalue weighted by Gasteiger charge is -2.41. The van der Waals surface area contributed by atoms with Gasteiger partial charge >= 0.3 is 5.97 Å². The van der Waals surface area contributed by atoms with Gasteiger partial charge in [0, 0.05) is 19.8 Å². The van der Waals surface area contributed by atoms with Crippen molar-refractivity contribution >= 4 is 5.97 Å². The van der Waals surface area contributed by atoms with Crippen molar-refractivity contribution in [3.8, 4) is 0 Å². The third-order valence-electron chi connectivity index (χ3n) is 4.20. The summed E-state index contributed by atoms with van der Waals surface area (Å²) in [7, 11) is 0. The molecule has 21 heavy (non-hydrogen) atoms. The van der Waals surface area contributed by atoms with Crippen LogP contribution in [0.4, 0.5) is 0 Å². The second-order valence-electron chi connectivity index (χ2n) is 7.17. The van der Waals surface area contributed by atoms with Crippen LogP contribution in [0.5, 0.6) is 0 Å². The van der Waals surface area contributed by atoms with E-state index in [1.54, 1.807) is 0 Å². The molecular weight excluding hydrogens is 276 g/mol. The second kappa shape index (κ2) is 4.65. The fourth-order valence-corrected chi connectivity index (χ4v) is 3.68. The van der Waals surface area contributed by atoms with E-state index in [4.69, 9.17) is 23.7 Å². The quantitative estimate of drug-likeness (QED) is 0.688. The van der Waals surface area contributed by atoms with Crippen molar-refractivity contribution in [3.63, 3.8) is 0 Å². The first kappa shape index (κ1) is 15.2. The molecule has 0 aromatic rings. The van der Waals surface area contributed by atoms with Crippen LogP contribution in [-0.4, -0.2) is 48.1 Å². The number of ether oxygens (including phenoxy) is 5. The molecule has 2 heterocycles. The molecule has 0 aromatic heterocycles. The molecule has 0 radical (unpaired) electrons. The van der Waals surface area contributed by atoms with E-state index in [-0.39, 0.29) is 24.3 Å². The molecule has 1 saturated carbocycles. The highest BCUT2D eigenvalue weighted by Gasteiger charge is 2.59. The molecule has 6 heteroatoms. The fraction of sp³-hybridized carbons (Fsp3) is 0.933. The molecule has 4 atom stereocenters. The Balaban J connectivity index is 1.83. The molecule has 0 aromatic carbocycles. The first-order chi connectivity index (χ1) is 9.60. The van der Waals surface area contributed by atoms with Crippen molar-refractivity contribution in [1.29, 1.82) is 0 Å². The van der Waals surface area contributed by atoms with Gasteiger partial charge in [0.15, 0.2) is 11.6 Å². The van der Waals surface area contributed by atoms with Crippen molar-refractivity contribution < 1.29 is 28.5 Å². The molecule has 3 rings (SSSR count). The Morgan fingerprint density at radius 2 is 1.81 bits per heavy atom. The summed E-state index contributed by atoms with van der Waals surface area (Å²) in [6.45, 7) is 9.42. The number of esters is 1. The van der Waals surface area contributed by atoms with Gasteiger partial charge in [-0.2, -0.15) is 0 Å². The smallest absolute Gasteiger partial charge is 0.302 e. The van der Waals surface area contributed by atoms with Crippen LogP contribution in [0.3, 0.4) is 0 Å². The zero-order chi connectivity index (χ0) is 15.5. The summed E-state index contributed by atoms with van der Waals surface area (Å²) < 4.78 is 29.2. The van der Waals surface area contributed by atoms with E-state index in [1.165, 1.54) is 6.92 Å². The molecule has 2 aliphatic heterocycles. The highest BCUT2D eigenvalue weighted by Crippen LogP contribution is 2.47. The van der Waals surface area contributed by atoms with Crippen LogP contribution in [0.1, 0.15) is 47.5 Å². The third-order valence-corrected chi connectivity index (χ3v) is 4.20. The minimum atomic E-state index is -0.672. The topological polar surface area (TPSA) is 63.2 Å². The lowest BCUT2D eigenvalue weighted by molar-refractivity contribution is -0.196. The Morgan fingerprint density at radius 3 is 2.38 bits per heavy atom. The molecule has 1 spiro atoms. The van der Waals surface area contributed by atoms with E-state index in [1.807, 2.05) is 27.7 Å². The van der Waals surface area contributed by atoms with E-state index >= 15 is 0 Å². The van der Waals surface area contributed by atoms with Crippen LogP contribution < -0.4 is 0 Å². The van der Waals surface area contributed by atoms with Gasteiger partial charge in [-0.1, -0.05) is 0 Å². The molecule has 3 aliphatic rings. The number of fused-ring (bicyclic) bond motifs is 1. The van der Waals surface area contributed by atoms with Crippen molar-refractivity contribution in [3.05, 3.63) is 0 Å². The molecule has 6 nitrogen and oxygen atoms in total. The second-order valence-corrected chi connectivity index (χ2v) is 7.17. The largest absolute Gasteiger partial charge is 0.460 e. The number of carbonyl (C=O) groups excluding carboxylic acids is 1. The van der Waals surface area contributed by atoms with Crippen molar-refractivity contribution in [2.45, 2.75) is 82.9 Å². The molecule has 0 amide bonds. The van der Waals surface area contributed by atoms with E-state index < -0.39 is 17.2 Å². The highest BCUT2D eigenvalue weighted by molar-refractivity contribution is 5.66. The van der Waals surface area contributed by atoms with Gasteiger partial charge in [-0.3, -0.25) is 4.79 Å². The standard InChI is InChI=1S/C15H24O6/c1-9(16)18-10-6-15(8-17-13(2,3)21-15)7-11-12(10)20-14(4,5)19-11/h10-12H,6-8H2,1-5H3/t10-,11-,12+,15-/m1/s1. The molecule has 0 bridgehead atoms. The van der Waals surface area contributed by atoms with Crippen LogP contribution in [0.15, 0.2) is 0 Å². The third kappa shape index (κ3) is 2.95. The van der Waals surface area contributed by atoms with Gasteiger partial charge in [0.2, 0.25) is 0 Å². The van der Waals surface area contributed by atoms with Crippen molar-refractivity contribution in [2.75, 3.05) is 6.61 Å². The lowest BCUT2D eigenvalue weighted by atomic mass is 9.80.